The number of nitrogens with one attached hydrogen (secondary N) is 1. The Morgan fingerprint density at radius 1 is 1.28 bits per heavy atom. The topological polar surface area (TPSA) is 15.3 Å². The molecule has 3 heteroatoms. The first-order valence-corrected chi connectivity index (χ1v) is 7.79. The maximum Gasteiger partial charge on any atom is 0.0328 e. The van der Waals surface area contributed by atoms with Gasteiger partial charge in [0.15, 0.2) is 0 Å². The van der Waals surface area contributed by atoms with Gasteiger partial charge in [-0.3, -0.25) is 4.90 Å². The van der Waals surface area contributed by atoms with Crippen molar-refractivity contribution in [2.24, 2.45) is 0 Å². The number of hydrogen-bond acceptors (Lipinski definition) is 3. The third-order valence-electron chi connectivity index (χ3n) is 3.78. The Labute approximate surface area is 115 Å². The molecule has 102 valence electrons. The van der Waals surface area contributed by atoms with Crippen LogP contribution in [0.25, 0.3) is 0 Å². The highest BCUT2D eigenvalue weighted by atomic mass is 32.1. The Balaban J connectivity index is 1.89. The highest BCUT2D eigenvalue weighted by Gasteiger charge is 2.20. The molecule has 1 aliphatic heterocycles. The molecule has 1 aromatic heterocycles. The Bertz CT molecular complexity index is 370. The van der Waals surface area contributed by atoms with Gasteiger partial charge in [-0.05, 0) is 50.5 Å². The predicted molar refractivity (Wildman–Crippen MR) is 80.4 cm³/mol. The molecule has 0 aliphatic carbocycles. The molecule has 2 rings (SSSR count). The highest BCUT2D eigenvalue weighted by Crippen LogP contribution is 2.30. The van der Waals surface area contributed by atoms with Crippen molar-refractivity contribution >= 4 is 11.3 Å². The lowest BCUT2D eigenvalue weighted by molar-refractivity contribution is 0.196. The number of piperidine rings is 1. The van der Waals surface area contributed by atoms with Crippen LogP contribution < -0.4 is 5.32 Å². The third-order valence-corrected chi connectivity index (χ3v) is 5.27. The van der Waals surface area contributed by atoms with Crippen molar-refractivity contribution in [1.82, 2.24) is 10.2 Å². The van der Waals surface area contributed by atoms with Gasteiger partial charge in [0.05, 0.1) is 0 Å². The first-order valence-electron chi connectivity index (χ1n) is 6.98. The van der Waals surface area contributed by atoms with E-state index >= 15 is 0 Å². The molecule has 1 N–H and O–H groups in total. The van der Waals surface area contributed by atoms with E-state index in [0.29, 0.717) is 5.41 Å². The average Bonchev–Trinajstić information content (AvgIpc) is 2.78. The standard InChI is InChI=1S/C15H26N2S/c1-15(2,3)14-6-5-13(18-14)11-17-9-7-12(16-4)8-10-17/h5-6,12,16H,7-11H2,1-4H3. The molecule has 0 saturated carbocycles. The molecule has 1 fully saturated rings. The summed E-state index contributed by atoms with van der Waals surface area (Å²) in [5, 5.41) is 3.39. The van der Waals surface area contributed by atoms with Crippen molar-refractivity contribution < 1.29 is 0 Å². The summed E-state index contributed by atoms with van der Waals surface area (Å²) in [7, 11) is 2.08. The summed E-state index contributed by atoms with van der Waals surface area (Å²) in [4.78, 5) is 5.61. The van der Waals surface area contributed by atoms with Crippen molar-refractivity contribution in [3.8, 4) is 0 Å². The first kappa shape index (κ1) is 14.0. The summed E-state index contributed by atoms with van der Waals surface area (Å²) in [6, 6.07) is 5.35. The van der Waals surface area contributed by atoms with Crippen LogP contribution in [-0.2, 0) is 12.0 Å². The highest BCUT2D eigenvalue weighted by molar-refractivity contribution is 7.12. The lowest BCUT2D eigenvalue weighted by atomic mass is 9.95. The molecule has 0 atom stereocenters. The van der Waals surface area contributed by atoms with E-state index < -0.39 is 0 Å². The molecule has 1 aliphatic rings. The van der Waals surface area contributed by atoms with Gasteiger partial charge in [-0.2, -0.15) is 0 Å². The molecular formula is C15H26N2S. The van der Waals surface area contributed by atoms with E-state index in [1.165, 1.54) is 35.7 Å². The van der Waals surface area contributed by atoms with Gasteiger partial charge in [0.25, 0.3) is 0 Å². The molecule has 1 aromatic rings. The van der Waals surface area contributed by atoms with Gasteiger partial charge in [0.2, 0.25) is 0 Å². The number of hydrogen-bond donors (Lipinski definition) is 1. The zero-order chi connectivity index (χ0) is 13.2. The van der Waals surface area contributed by atoms with Crippen LogP contribution in [-0.4, -0.2) is 31.1 Å². The lowest BCUT2D eigenvalue weighted by Crippen LogP contribution is -2.40. The molecule has 0 radical (unpaired) electrons. The second-order valence-corrected chi connectivity index (χ2v) is 7.52. The molecule has 0 spiro atoms. The van der Waals surface area contributed by atoms with E-state index in [-0.39, 0.29) is 0 Å². The maximum absolute atomic E-state index is 3.39. The minimum atomic E-state index is 0.294. The summed E-state index contributed by atoms with van der Waals surface area (Å²) in [5.41, 5.74) is 0.294. The first-order chi connectivity index (χ1) is 8.49. The lowest BCUT2D eigenvalue weighted by Gasteiger charge is -2.31. The average molecular weight is 266 g/mol. The fourth-order valence-corrected chi connectivity index (χ4v) is 3.57. The summed E-state index contributed by atoms with van der Waals surface area (Å²) >= 11 is 1.98. The van der Waals surface area contributed by atoms with Crippen molar-refractivity contribution in [3.63, 3.8) is 0 Å². The fourth-order valence-electron chi connectivity index (χ4n) is 2.47. The molecule has 0 aromatic carbocycles. The zero-order valence-corrected chi connectivity index (χ0v) is 12.9. The van der Waals surface area contributed by atoms with E-state index in [9.17, 15) is 0 Å². The van der Waals surface area contributed by atoms with Crippen LogP contribution in [0.15, 0.2) is 12.1 Å². The second kappa shape index (κ2) is 5.72. The quantitative estimate of drug-likeness (QED) is 0.903. The van der Waals surface area contributed by atoms with E-state index in [1.54, 1.807) is 0 Å². The van der Waals surface area contributed by atoms with Gasteiger partial charge in [0, 0.05) is 22.3 Å². The number of thiophene rings is 1. The molecule has 18 heavy (non-hydrogen) atoms. The summed E-state index contributed by atoms with van der Waals surface area (Å²) in [6.45, 7) is 10.5. The van der Waals surface area contributed by atoms with Gasteiger partial charge in [-0.15, -0.1) is 11.3 Å². The van der Waals surface area contributed by atoms with Crippen molar-refractivity contribution in [2.75, 3.05) is 20.1 Å². The Morgan fingerprint density at radius 3 is 2.44 bits per heavy atom. The number of nitrogens with zero attached hydrogens (tertiary/aromatic N) is 1. The Kier molecular flexibility index (Phi) is 4.46. The molecular weight excluding hydrogens is 240 g/mol. The van der Waals surface area contributed by atoms with Crippen LogP contribution in [0.5, 0.6) is 0 Å². The molecule has 1 saturated heterocycles. The molecule has 0 amide bonds. The number of rotatable bonds is 3. The van der Waals surface area contributed by atoms with E-state index in [0.717, 1.165) is 12.6 Å². The number of likely N-dealkylation sites (tertiary alicyclic amines) is 1. The molecule has 2 heterocycles. The van der Waals surface area contributed by atoms with E-state index in [4.69, 9.17) is 0 Å². The zero-order valence-electron chi connectivity index (χ0n) is 12.1. The van der Waals surface area contributed by atoms with Crippen LogP contribution in [0.4, 0.5) is 0 Å². The minimum Gasteiger partial charge on any atom is -0.317 e. The van der Waals surface area contributed by atoms with Crippen LogP contribution in [0.3, 0.4) is 0 Å². The third kappa shape index (κ3) is 3.56. The van der Waals surface area contributed by atoms with E-state index in [1.807, 2.05) is 11.3 Å². The van der Waals surface area contributed by atoms with Crippen LogP contribution in [0.2, 0.25) is 0 Å². The van der Waals surface area contributed by atoms with E-state index in [2.05, 4.69) is 50.2 Å². The molecule has 2 nitrogen and oxygen atoms in total. The fraction of sp³-hybridized carbons (Fsp3) is 0.733. The second-order valence-electron chi connectivity index (χ2n) is 6.36. The SMILES string of the molecule is CNC1CCN(Cc2ccc(C(C)(C)C)s2)CC1. The van der Waals surface area contributed by atoms with Gasteiger partial charge in [0.1, 0.15) is 0 Å². The van der Waals surface area contributed by atoms with Crippen LogP contribution >= 0.6 is 11.3 Å². The van der Waals surface area contributed by atoms with Gasteiger partial charge in [-0.25, -0.2) is 0 Å². The van der Waals surface area contributed by atoms with Crippen molar-refractivity contribution in [3.05, 3.63) is 21.9 Å². The summed E-state index contributed by atoms with van der Waals surface area (Å²) in [5.74, 6) is 0. The van der Waals surface area contributed by atoms with Crippen LogP contribution in [0, 0.1) is 0 Å². The Morgan fingerprint density at radius 2 is 1.94 bits per heavy atom. The normalized spacial score (nSPS) is 19.3. The maximum atomic E-state index is 3.39. The minimum absolute atomic E-state index is 0.294. The van der Waals surface area contributed by atoms with Crippen LogP contribution in [0.1, 0.15) is 43.4 Å². The largest absolute Gasteiger partial charge is 0.317 e. The molecule has 0 unspecified atom stereocenters. The molecule has 0 bridgehead atoms. The van der Waals surface area contributed by atoms with Gasteiger partial charge < -0.3 is 5.32 Å². The smallest absolute Gasteiger partial charge is 0.0328 e. The van der Waals surface area contributed by atoms with Gasteiger partial charge >= 0.3 is 0 Å². The Hall–Kier alpha value is -0.380. The summed E-state index contributed by atoms with van der Waals surface area (Å²) < 4.78 is 0. The monoisotopic (exact) mass is 266 g/mol. The van der Waals surface area contributed by atoms with Gasteiger partial charge in [-0.1, -0.05) is 20.8 Å². The van der Waals surface area contributed by atoms with Crippen molar-refractivity contribution in [1.29, 1.82) is 0 Å². The van der Waals surface area contributed by atoms with Crippen molar-refractivity contribution in [2.45, 2.75) is 51.6 Å². The predicted octanol–water partition coefficient (Wildman–Crippen LogP) is 3.23. The summed E-state index contributed by atoms with van der Waals surface area (Å²) in [6.07, 6.45) is 2.57.